The van der Waals surface area contributed by atoms with Gasteiger partial charge in [-0.1, -0.05) is 30.3 Å². The summed E-state index contributed by atoms with van der Waals surface area (Å²) >= 11 is 0. The lowest BCUT2D eigenvalue weighted by atomic mass is 10.0. The Bertz CT molecular complexity index is 518. The molecule has 1 aromatic carbocycles. The Morgan fingerprint density at radius 3 is 2.75 bits per heavy atom. The van der Waals surface area contributed by atoms with Crippen molar-refractivity contribution < 1.29 is 13.5 Å². The molecular formula is C14H22N2O3S. The van der Waals surface area contributed by atoms with E-state index in [2.05, 4.69) is 4.72 Å². The molecule has 2 atom stereocenters. The predicted molar refractivity (Wildman–Crippen MR) is 78.3 cm³/mol. The van der Waals surface area contributed by atoms with E-state index in [1.165, 1.54) is 4.31 Å². The largest absolute Gasteiger partial charge is 0.396 e. The van der Waals surface area contributed by atoms with Gasteiger partial charge in [0.25, 0.3) is 10.2 Å². The van der Waals surface area contributed by atoms with Crippen molar-refractivity contribution in [1.82, 2.24) is 9.03 Å². The number of hydrogen-bond acceptors (Lipinski definition) is 3. The summed E-state index contributed by atoms with van der Waals surface area (Å²) in [6, 6.07) is 9.22. The maximum Gasteiger partial charge on any atom is 0.280 e. The average Bonchev–Trinajstić information content (AvgIpc) is 2.48. The number of nitrogens with zero attached hydrogens (tertiary/aromatic N) is 1. The van der Waals surface area contributed by atoms with Gasteiger partial charge in [-0.2, -0.15) is 17.4 Å². The molecule has 0 bridgehead atoms. The van der Waals surface area contributed by atoms with Gasteiger partial charge in [-0.3, -0.25) is 0 Å². The highest BCUT2D eigenvalue weighted by Gasteiger charge is 2.29. The highest BCUT2D eigenvalue weighted by molar-refractivity contribution is 7.87. The zero-order valence-corrected chi connectivity index (χ0v) is 12.5. The molecule has 6 heteroatoms. The number of rotatable bonds is 5. The monoisotopic (exact) mass is 298 g/mol. The summed E-state index contributed by atoms with van der Waals surface area (Å²) in [5.41, 5.74) is 0.937. The van der Waals surface area contributed by atoms with Crippen LogP contribution in [-0.4, -0.2) is 37.5 Å². The number of benzene rings is 1. The van der Waals surface area contributed by atoms with E-state index in [1.54, 1.807) is 0 Å². The van der Waals surface area contributed by atoms with Gasteiger partial charge in [-0.05, 0) is 31.2 Å². The van der Waals surface area contributed by atoms with Crippen molar-refractivity contribution in [3.05, 3.63) is 35.9 Å². The third-order valence-electron chi connectivity index (χ3n) is 3.71. The minimum Gasteiger partial charge on any atom is -0.396 e. The number of hydrogen-bond donors (Lipinski definition) is 2. The third kappa shape index (κ3) is 3.79. The topological polar surface area (TPSA) is 69.6 Å². The van der Waals surface area contributed by atoms with Crippen LogP contribution in [0.2, 0.25) is 0 Å². The molecule has 2 N–H and O–H groups in total. The summed E-state index contributed by atoms with van der Waals surface area (Å²) < 4.78 is 28.9. The van der Waals surface area contributed by atoms with Crippen LogP contribution in [-0.2, 0) is 10.2 Å². The zero-order chi connectivity index (χ0) is 14.6. The molecule has 0 radical (unpaired) electrons. The molecule has 2 rings (SSSR count). The summed E-state index contributed by atoms with van der Waals surface area (Å²) in [5.74, 6) is 0.0485. The molecule has 1 aromatic rings. The fourth-order valence-corrected chi connectivity index (χ4v) is 4.01. The lowest BCUT2D eigenvalue weighted by Crippen LogP contribution is -2.47. The van der Waals surface area contributed by atoms with Crippen LogP contribution in [0.15, 0.2) is 30.3 Å². The molecule has 0 aromatic heterocycles. The molecule has 1 aliphatic heterocycles. The van der Waals surface area contributed by atoms with Crippen molar-refractivity contribution in [3.63, 3.8) is 0 Å². The quantitative estimate of drug-likeness (QED) is 0.860. The fourth-order valence-electron chi connectivity index (χ4n) is 2.50. The fraction of sp³-hybridized carbons (Fsp3) is 0.571. The van der Waals surface area contributed by atoms with E-state index in [-0.39, 0.29) is 18.6 Å². The first-order valence-electron chi connectivity index (χ1n) is 6.96. The number of piperidine rings is 1. The second-order valence-corrected chi connectivity index (χ2v) is 7.01. The molecule has 5 nitrogen and oxygen atoms in total. The lowest BCUT2D eigenvalue weighted by molar-refractivity contribution is 0.164. The summed E-state index contributed by atoms with van der Waals surface area (Å²) in [7, 11) is -3.50. The predicted octanol–water partition coefficient (Wildman–Crippen LogP) is 1.29. The molecule has 20 heavy (non-hydrogen) atoms. The van der Waals surface area contributed by atoms with Gasteiger partial charge in [0.15, 0.2) is 0 Å². The Labute approximate surface area is 120 Å². The third-order valence-corrected chi connectivity index (χ3v) is 5.37. The normalized spacial score (nSPS) is 22.6. The molecule has 2 unspecified atom stereocenters. The Hall–Kier alpha value is -0.950. The molecule has 1 saturated heterocycles. The molecule has 0 spiro atoms. The first-order valence-corrected chi connectivity index (χ1v) is 8.40. The van der Waals surface area contributed by atoms with E-state index in [0.29, 0.717) is 13.1 Å². The van der Waals surface area contributed by atoms with Crippen LogP contribution >= 0.6 is 0 Å². The number of nitrogens with one attached hydrogen (secondary N) is 1. The van der Waals surface area contributed by atoms with Crippen LogP contribution in [0.4, 0.5) is 0 Å². The number of aliphatic hydroxyl groups is 1. The van der Waals surface area contributed by atoms with Gasteiger partial charge < -0.3 is 5.11 Å². The zero-order valence-electron chi connectivity index (χ0n) is 11.7. The number of aliphatic hydroxyl groups excluding tert-OH is 1. The van der Waals surface area contributed by atoms with Crippen molar-refractivity contribution in [2.45, 2.75) is 25.8 Å². The average molecular weight is 298 g/mol. The Balaban J connectivity index is 2.03. The maximum absolute atomic E-state index is 12.4. The maximum atomic E-state index is 12.4. The molecule has 0 aliphatic carbocycles. The smallest absolute Gasteiger partial charge is 0.280 e. The first kappa shape index (κ1) is 15.4. The van der Waals surface area contributed by atoms with Gasteiger partial charge in [0, 0.05) is 25.7 Å². The van der Waals surface area contributed by atoms with Gasteiger partial charge in [0.05, 0.1) is 0 Å². The molecular weight excluding hydrogens is 276 g/mol. The van der Waals surface area contributed by atoms with Gasteiger partial charge in [-0.25, -0.2) is 0 Å². The molecule has 1 aliphatic rings. The second-order valence-electron chi connectivity index (χ2n) is 5.30. The Morgan fingerprint density at radius 2 is 2.10 bits per heavy atom. The first-order chi connectivity index (χ1) is 9.53. The SMILES string of the molecule is CC(NS(=O)(=O)N1CCCC(CO)C1)c1ccccc1. The van der Waals surface area contributed by atoms with E-state index >= 15 is 0 Å². The van der Waals surface area contributed by atoms with E-state index in [4.69, 9.17) is 0 Å². The van der Waals surface area contributed by atoms with Crippen molar-refractivity contribution in [1.29, 1.82) is 0 Å². The van der Waals surface area contributed by atoms with Crippen LogP contribution in [0.25, 0.3) is 0 Å². The van der Waals surface area contributed by atoms with Crippen molar-refractivity contribution >= 4 is 10.2 Å². The highest BCUT2D eigenvalue weighted by atomic mass is 32.2. The van der Waals surface area contributed by atoms with Crippen molar-refractivity contribution in [2.75, 3.05) is 19.7 Å². The van der Waals surface area contributed by atoms with Gasteiger partial charge in [0.1, 0.15) is 0 Å². The minimum atomic E-state index is -3.50. The van der Waals surface area contributed by atoms with Crippen LogP contribution in [0.3, 0.4) is 0 Å². The van der Waals surface area contributed by atoms with Crippen LogP contribution in [0.5, 0.6) is 0 Å². The Morgan fingerprint density at radius 1 is 1.40 bits per heavy atom. The van der Waals surface area contributed by atoms with E-state index in [1.807, 2.05) is 37.3 Å². The van der Waals surface area contributed by atoms with Crippen LogP contribution < -0.4 is 4.72 Å². The summed E-state index contributed by atoms with van der Waals surface area (Å²) in [6.07, 6.45) is 1.68. The van der Waals surface area contributed by atoms with E-state index < -0.39 is 10.2 Å². The van der Waals surface area contributed by atoms with Gasteiger partial charge >= 0.3 is 0 Å². The molecule has 1 heterocycles. The van der Waals surface area contributed by atoms with E-state index in [0.717, 1.165) is 18.4 Å². The molecule has 0 saturated carbocycles. The summed E-state index contributed by atoms with van der Waals surface area (Å²) in [6.45, 7) is 2.79. The van der Waals surface area contributed by atoms with Crippen molar-refractivity contribution in [2.24, 2.45) is 5.92 Å². The van der Waals surface area contributed by atoms with Crippen molar-refractivity contribution in [3.8, 4) is 0 Å². The Kier molecular flexibility index (Phi) is 5.15. The molecule has 1 fully saturated rings. The van der Waals surface area contributed by atoms with E-state index in [9.17, 15) is 13.5 Å². The minimum absolute atomic E-state index is 0.0419. The standard InChI is InChI=1S/C14H22N2O3S/c1-12(14-7-3-2-4-8-14)15-20(18,19)16-9-5-6-13(10-16)11-17/h2-4,7-8,12-13,15,17H,5-6,9-11H2,1H3. The van der Waals surface area contributed by atoms with Gasteiger partial charge in [0.2, 0.25) is 0 Å². The van der Waals surface area contributed by atoms with Crippen LogP contribution in [0.1, 0.15) is 31.4 Å². The molecule has 0 amide bonds. The highest BCUT2D eigenvalue weighted by Crippen LogP contribution is 2.20. The molecule has 112 valence electrons. The van der Waals surface area contributed by atoms with Crippen LogP contribution in [0, 0.1) is 5.92 Å². The summed E-state index contributed by atoms with van der Waals surface area (Å²) in [5, 5.41) is 9.19. The summed E-state index contributed by atoms with van der Waals surface area (Å²) in [4.78, 5) is 0. The second kappa shape index (κ2) is 6.67. The lowest BCUT2D eigenvalue weighted by Gasteiger charge is -2.31. The van der Waals surface area contributed by atoms with Gasteiger partial charge in [-0.15, -0.1) is 0 Å².